The third-order valence-corrected chi connectivity index (χ3v) is 5.27. The number of esters is 1. The van der Waals surface area contributed by atoms with E-state index in [0.29, 0.717) is 17.9 Å². The predicted octanol–water partition coefficient (Wildman–Crippen LogP) is 4.06. The average Bonchev–Trinajstić information content (AvgIpc) is 2.57. The van der Waals surface area contributed by atoms with Gasteiger partial charge < -0.3 is 4.74 Å². The lowest BCUT2D eigenvalue weighted by atomic mass is 10.1. The van der Waals surface area contributed by atoms with E-state index < -0.39 is 16.0 Å². The highest BCUT2D eigenvalue weighted by Gasteiger charge is 2.15. The number of aryl methyl sites for hydroxylation is 2. The molecule has 0 heterocycles. The van der Waals surface area contributed by atoms with Crippen LogP contribution >= 0.6 is 0 Å². The monoisotopic (exact) mass is 361 g/mol. The minimum atomic E-state index is -3.67. The molecule has 6 heteroatoms. The van der Waals surface area contributed by atoms with Crippen LogP contribution in [0.4, 0.5) is 5.69 Å². The van der Waals surface area contributed by atoms with Crippen molar-refractivity contribution in [3.8, 4) is 0 Å². The predicted molar refractivity (Wildman–Crippen MR) is 98.4 cm³/mol. The molecule has 0 amide bonds. The first-order valence-electron chi connectivity index (χ1n) is 8.21. The van der Waals surface area contributed by atoms with E-state index in [9.17, 15) is 13.2 Å². The number of carbonyl (C=O) groups is 1. The Morgan fingerprint density at radius 2 is 1.72 bits per heavy atom. The number of ether oxygens (including phenoxy) is 1. The molecule has 2 aromatic carbocycles. The maximum absolute atomic E-state index is 12.5. The molecule has 0 spiro atoms. The second-order valence-corrected chi connectivity index (χ2v) is 7.60. The zero-order valence-electron chi connectivity index (χ0n) is 14.7. The number of carbonyl (C=O) groups excluding carboxylic acids is 1. The van der Waals surface area contributed by atoms with Gasteiger partial charge in [0.2, 0.25) is 0 Å². The Morgan fingerprint density at radius 3 is 2.32 bits per heavy atom. The van der Waals surface area contributed by atoms with Crippen LogP contribution in [0, 0.1) is 13.8 Å². The van der Waals surface area contributed by atoms with Crippen molar-refractivity contribution in [1.82, 2.24) is 0 Å². The van der Waals surface area contributed by atoms with Gasteiger partial charge in [0, 0.05) is 5.69 Å². The van der Waals surface area contributed by atoms with Gasteiger partial charge >= 0.3 is 5.97 Å². The van der Waals surface area contributed by atoms with Crippen LogP contribution in [0.5, 0.6) is 0 Å². The van der Waals surface area contributed by atoms with Crippen molar-refractivity contribution in [2.24, 2.45) is 0 Å². The van der Waals surface area contributed by atoms with E-state index in [2.05, 4.69) is 4.72 Å². The molecule has 134 valence electrons. The van der Waals surface area contributed by atoms with Crippen LogP contribution in [0.2, 0.25) is 0 Å². The topological polar surface area (TPSA) is 72.5 Å². The van der Waals surface area contributed by atoms with Crippen molar-refractivity contribution >= 4 is 21.7 Å². The number of anilines is 1. The first-order chi connectivity index (χ1) is 11.8. The van der Waals surface area contributed by atoms with Gasteiger partial charge in [-0.05, 0) is 67.8 Å². The molecule has 0 atom stereocenters. The number of hydrogen-bond donors (Lipinski definition) is 1. The molecule has 1 N–H and O–H groups in total. The van der Waals surface area contributed by atoms with Gasteiger partial charge in [0.1, 0.15) is 0 Å². The smallest absolute Gasteiger partial charge is 0.338 e. The summed E-state index contributed by atoms with van der Waals surface area (Å²) in [5, 5.41) is 0. The molecular formula is C19H23NO4S. The van der Waals surface area contributed by atoms with Crippen LogP contribution in [0.25, 0.3) is 0 Å². The van der Waals surface area contributed by atoms with E-state index >= 15 is 0 Å². The molecule has 0 saturated carbocycles. The Kier molecular flexibility index (Phi) is 6.20. The first kappa shape index (κ1) is 19.0. The molecule has 2 rings (SSSR count). The number of unbranched alkanes of at least 4 members (excludes halogenated alkanes) is 1. The molecule has 0 unspecified atom stereocenters. The van der Waals surface area contributed by atoms with Crippen LogP contribution in [0.1, 0.15) is 41.3 Å². The summed E-state index contributed by atoms with van der Waals surface area (Å²) in [4.78, 5) is 12.1. The van der Waals surface area contributed by atoms with Crippen molar-refractivity contribution in [3.63, 3.8) is 0 Å². The van der Waals surface area contributed by atoms with E-state index in [1.807, 2.05) is 20.8 Å². The third-order valence-electron chi connectivity index (χ3n) is 3.89. The van der Waals surface area contributed by atoms with Gasteiger partial charge in [-0.1, -0.05) is 19.4 Å². The summed E-state index contributed by atoms with van der Waals surface area (Å²) in [6, 6.07) is 11.2. The van der Waals surface area contributed by atoms with Crippen LogP contribution in [-0.4, -0.2) is 21.0 Å². The highest BCUT2D eigenvalue weighted by molar-refractivity contribution is 7.92. The molecule has 0 aromatic heterocycles. The molecule has 0 radical (unpaired) electrons. The number of sulfonamides is 1. The van der Waals surface area contributed by atoms with Gasteiger partial charge in [0.05, 0.1) is 17.1 Å². The zero-order chi connectivity index (χ0) is 18.4. The minimum absolute atomic E-state index is 0.207. The fourth-order valence-corrected chi connectivity index (χ4v) is 3.31. The van der Waals surface area contributed by atoms with Crippen LogP contribution in [-0.2, 0) is 14.8 Å². The van der Waals surface area contributed by atoms with Crippen molar-refractivity contribution in [2.75, 3.05) is 11.3 Å². The summed E-state index contributed by atoms with van der Waals surface area (Å²) in [6.07, 6.45) is 1.77. The van der Waals surface area contributed by atoms with E-state index in [-0.39, 0.29) is 4.90 Å². The maximum Gasteiger partial charge on any atom is 0.338 e. The lowest BCUT2D eigenvalue weighted by Gasteiger charge is -2.10. The van der Waals surface area contributed by atoms with E-state index in [4.69, 9.17) is 4.74 Å². The number of rotatable bonds is 7. The van der Waals surface area contributed by atoms with E-state index in [1.54, 1.807) is 42.5 Å². The van der Waals surface area contributed by atoms with Gasteiger partial charge in [0.25, 0.3) is 10.0 Å². The van der Waals surface area contributed by atoms with Crippen LogP contribution in [0.3, 0.4) is 0 Å². The van der Waals surface area contributed by atoms with Crippen LogP contribution in [0.15, 0.2) is 47.4 Å². The molecule has 2 aromatic rings. The molecule has 0 aliphatic heterocycles. The molecule has 0 fully saturated rings. The first-order valence-corrected chi connectivity index (χ1v) is 9.69. The molecule has 0 bridgehead atoms. The second-order valence-electron chi connectivity index (χ2n) is 5.92. The van der Waals surface area contributed by atoms with Gasteiger partial charge in [-0.25, -0.2) is 13.2 Å². The molecule has 0 aliphatic carbocycles. The Bertz CT molecular complexity index is 842. The SMILES string of the molecule is CCCCOC(=O)c1ccc(NS(=O)(=O)c2ccc(C)c(C)c2)cc1. The van der Waals surface area contributed by atoms with E-state index in [0.717, 1.165) is 24.0 Å². The van der Waals surface area contributed by atoms with Gasteiger partial charge in [0.15, 0.2) is 0 Å². The molecule has 25 heavy (non-hydrogen) atoms. The maximum atomic E-state index is 12.5. The van der Waals surface area contributed by atoms with Crippen molar-refractivity contribution in [1.29, 1.82) is 0 Å². The summed E-state index contributed by atoms with van der Waals surface area (Å²) in [7, 11) is -3.67. The number of nitrogens with one attached hydrogen (secondary N) is 1. The normalized spacial score (nSPS) is 11.2. The van der Waals surface area contributed by atoms with Gasteiger partial charge in [-0.15, -0.1) is 0 Å². The summed E-state index contributed by atoms with van der Waals surface area (Å²) in [6.45, 7) is 6.20. The van der Waals surface area contributed by atoms with Crippen molar-refractivity contribution < 1.29 is 17.9 Å². The molecular weight excluding hydrogens is 338 g/mol. The van der Waals surface area contributed by atoms with Crippen molar-refractivity contribution in [2.45, 2.75) is 38.5 Å². The molecule has 0 saturated heterocycles. The third kappa shape index (κ3) is 5.06. The summed E-state index contributed by atoms with van der Waals surface area (Å²) in [5.74, 6) is -0.406. The Hall–Kier alpha value is -2.34. The molecule has 5 nitrogen and oxygen atoms in total. The van der Waals surface area contributed by atoms with Gasteiger partial charge in [-0.3, -0.25) is 4.72 Å². The summed E-state index contributed by atoms with van der Waals surface area (Å²) < 4.78 is 32.6. The standard InChI is InChI=1S/C19H23NO4S/c1-4-5-12-24-19(21)16-7-9-17(10-8-16)20-25(22,23)18-11-6-14(2)15(3)13-18/h6-11,13,20H,4-5,12H2,1-3H3. The average molecular weight is 361 g/mol. The number of benzene rings is 2. The van der Waals surface area contributed by atoms with Crippen molar-refractivity contribution in [3.05, 3.63) is 59.2 Å². The highest BCUT2D eigenvalue weighted by atomic mass is 32.2. The minimum Gasteiger partial charge on any atom is -0.462 e. The largest absolute Gasteiger partial charge is 0.462 e. The second kappa shape index (κ2) is 8.16. The Balaban J connectivity index is 2.09. The summed E-state index contributed by atoms with van der Waals surface area (Å²) in [5.41, 5.74) is 2.73. The zero-order valence-corrected chi connectivity index (χ0v) is 15.5. The van der Waals surface area contributed by atoms with Gasteiger partial charge in [-0.2, -0.15) is 0 Å². The highest BCUT2D eigenvalue weighted by Crippen LogP contribution is 2.19. The lowest BCUT2D eigenvalue weighted by molar-refractivity contribution is 0.0500. The van der Waals surface area contributed by atoms with E-state index in [1.165, 1.54) is 0 Å². The lowest BCUT2D eigenvalue weighted by Crippen LogP contribution is -2.13. The quantitative estimate of drug-likeness (QED) is 0.596. The Labute approximate surface area is 149 Å². The number of hydrogen-bond acceptors (Lipinski definition) is 4. The Morgan fingerprint density at radius 1 is 1.04 bits per heavy atom. The molecule has 0 aliphatic rings. The fourth-order valence-electron chi connectivity index (χ4n) is 2.16. The van der Waals surface area contributed by atoms with Crippen LogP contribution < -0.4 is 4.72 Å². The fraction of sp³-hybridized carbons (Fsp3) is 0.316. The summed E-state index contributed by atoms with van der Waals surface area (Å²) >= 11 is 0.